The van der Waals surface area contributed by atoms with Gasteiger partial charge in [0.25, 0.3) is 0 Å². The van der Waals surface area contributed by atoms with Crippen LogP contribution in [-0.2, 0) is 6.54 Å². The Morgan fingerprint density at radius 3 is 2.73 bits per heavy atom. The third kappa shape index (κ3) is 4.81. The number of likely N-dealkylation sites (tertiary alicyclic amines) is 1. The number of benzene rings is 1. The van der Waals surface area contributed by atoms with Crippen molar-refractivity contribution in [2.75, 3.05) is 20.2 Å². The van der Waals surface area contributed by atoms with Gasteiger partial charge in [-0.2, -0.15) is 0 Å². The smallest absolute Gasteiger partial charge is 0.317 e. The lowest BCUT2D eigenvalue weighted by molar-refractivity contribution is 0.0936. The number of amides is 2. The zero-order valence-corrected chi connectivity index (χ0v) is 14.5. The molecular formula is C18H21FN4O3. The van der Waals surface area contributed by atoms with Crippen LogP contribution in [0.5, 0.6) is 11.8 Å². The fourth-order valence-corrected chi connectivity index (χ4v) is 2.76. The van der Waals surface area contributed by atoms with Crippen molar-refractivity contribution in [1.29, 1.82) is 0 Å². The minimum atomic E-state index is -0.513. The van der Waals surface area contributed by atoms with E-state index in [9.17, 15) is 9.18 Å². The van der Waals surface area contributed by atoms with Gasteiger partial charge in [0.15, 0.2) is 5.82 Å². The molecule has 2 amide bonds. The monoisotopic (exact) mass is 360 g/mol. The summed E-state index contributed by atoms with van der Waals surface area (Å²) >= 11 is 0. The molecule has 1 N–H and O–H groups in total. The highest BCUT2D eigenvalue weighted by molar-refractivity contribution is 5.74. The van der Waals surface area contributed by atoms with Crippen molar-refractivity contribution in [3.63, 3.8) is 0 Å². The van der Waals surface area contributed by atoms with Gasteiger partial charge in [-0.3, -0.25) is 0 Å². The van der Waals surface area contributed by atoms with Crippen LogP contribution >= 0.6 is 0 Å². The molecule has 1 aliphatic heterocycles. The van der Waals surface area contributed by atoms with E-state index in [2.05, 4.69) is 15.3 Å². The molecule has 26 heavy (non-hydrogen) atoms. The number of rotatable bonds is 5. The molecule has 2 heterocycles. The molecule has 0 radical (unpaired) electrons. The van der Waals surface area contributed by atoms with E-state index >= 15 is 0 Å². The first kappa shape index (κ1) is 17.9. The lowest BCUT2D eigenvalue weighted by atomic mass is 10.1. The van der Waals surface area contributed by atoms with Crippen molar-refractivity contribution in [2.24, 2.45) is 0 Å². The van der Waals surface area contributed by atoms with Crippen LogP contribution in [0.25, 0.3) is 0 Å². The number of hydrogen-bond acceptors (Lipinski definition) is 5. The third-order valence-corrected chi connectivity index (χ3v) is 4.14. The summed E-state index contributed by atoms with van der Waals surface area (Å²) in [5.74, 6) is 0.264. The van der Waals surface area contributed by atoms with Gasteiger partial charge in [-0.25, -0.2) is 19.2 Å². The van der Waals surface area contributed by atoms with Gasteiger partial charge in [-0.1, -0.05) is 12.1 Å². The maximum atomic E-state index is 12.9. The van der Waals surface area contributed by atoms with E-state index in [0.717, 1.165) is 36.5 Å². The van der Waals surface area contributed by atoms with Gasteiger partial charge in [0, 0.05) is 13.1 Å². The zero-order valence-electron chi connectivity index (χ0n) is 14.5. The Morgan fingerprint density at radius 1 is 1.31 bits per heavy atom. The largest absolute Gasteiger partial charge is 0.497 e. The minimum absolute atomic E-state index is 0.122. The summed E-state index contributed by atoms with van der Waals surface area (Å²) in [6.45, 7) is 1.54. The van der Waals surface area contributed by atoms with E-state index in [4.69, 9.17) is 9.47 Å². The van der Waals surface area contributed by atoms with Crippen LogP contribution in [0.2, 0.25) is 0 Å². The number of urea groups is 1. The molecule has 1 saturated heterocycles. The normalized spacial score (nSPS) is 16.8. The average Bonchev–Trinajstić information content (AvgIpc) is 2.68. The molecule has 8 heteroatoms. The number of nitrogens with zero attached hydrogens (tertiary/aromatic N) is 3. The Hall–Kier alpha value is -2.90. The zero-order chi connectivity index (χ0) is 18.4. The van der Waals surface area contributed by atoms with Crippen molar-refractivity contribution >= 4 is 6.03 Å². The number of halogens is 1. The highest BCUT2D eigenvalue weighted by atomic mass is 19.1. The first-order chi connectivity index (χ1) is 12.6. The van der Waals surface area contributed by atoms with Gasteiger partial charge in [0.05, 0.1) is 26.0 Å². The molecular weight excluding hydrogens is 339 g/mol. The van der Waals surface area contributed by atoms with E-state index in [0.29, 0.717) is 19.6 Å². The molecule has 1 aromatic heterocycles. The second-order valence-electron chi connectivity index (χ2n) is 6.02. The first-order valence-electron chi connectivity index (χ1n) is 8.44. The van der Waals surface area contributed by atoms with Gasteiger partial charge >= 0.3 is 12.0 Å². The van der Waals surface area contributed by atoms with E-state index < -0.39 is 5.82 Å². The molecule has 0 saturated carbocycles. The molecule has 138 valence electrons. The number of carbonyl (C=O) groups is 1. The maximum absolute atomic E-state index is 12.9. The van der Waals surface area contributed by atoms with Gasteiger partial charge in [0.1, 0.15) is 11.9 Å². The molecule has 1 unspecified atom stereocenters. The Morgan fingerprint density at radius 2 is 2.04 bits per heavy atom. The summed E-state index contributed by atoms with van der Waals surface area (Å²) in [6.07, 6.45) is 3.53. The molecule has 3 rings (SSSR count). The van der Waals surface area contributed by atoms with E-state index in [1.807, 2.05) is 24.3 Å². The standard InChI is InChI=1S/C18H21FN4O3/c1-25-15-6-4-13(5-7-15)9-22-18(24)23-8-2-3-16(12-23)26-17-20-10-14(19)11-21-17/h4-7,10-11,16H,2-3,8-9,12H2,1H3,(H,22,24). The van der Waals surface area contributed by atoms with Crippen LogP contribution in [0.3, 0.4) is 0 Å². The molecule has 0 bridgehead atoms. The number of nitrogens with one attached hydrogen (secondary N) is 1. The summed E-state index contributed by atoms with van der Waals surface area (Å²) in [4.78, 5) is 21.7. The van der Waals surface area contributed by atoms with Crippen LogP contribution < -0.4 is 14.8 Å². The third-order valence-electron chi connectivity index (χ3n) is 4.14. The summed E-state index contributed by atoms with van der Waals surface area (Å²) in [7, 11) is 1.61. The lowest BCUT2D eigenvalue weighted by Crippen LogP contribution is -2.48. The van der Waals surface area contributed by atoms with Crippen molar-refractivity contribution in [3.05, 3.63) is 48.0 Å². The number of ether oxygens (including phenoxy) is 2. The number of aromatic nitrogens is 2. The average molecular weight is 360 g/mol. The topological polar surface area (TPSA) is 76.6 Å². The maximum Gasteiger partial charge on any atom is 0.317 e. The van der Waals surface area contributed by atoms with Crippen molar-refractivity contribution in [2.45, 2.75) is 25.5 Å². The SMILES string of the molecule is COc1ccc(CNC(=O)N2CCCC(Oc3ncc(F)cn3)C2)cc1. The molecule has 0 aliphatic carbocycles. The Balaban J connectivity index is 1.49. The predicted molar refractivity (Wildman–Crippen MR) is 92.4 cm³/mol. The van der Waals surface area contributed by atoms with Crippen molar-refractivity contribution in [3.8, 4) is 11.8 Å². The minimum Gasteiger partial charge on any atom is -0.497 e. The Bertz CT molecular complexity index is 724. The molecule has 1 aromatic carbocycles. The summed E-state index contributed by atoms with van der Waals surface area (Å²) in [5.41, 5.74) is 0.990. The van der Waals surface area contributed by atoms with Crippen LogP contribution in [0.15, 0.2) is 36.7 Å². The summed E-state index contributed by atoms with van der Waals surface area (Å²) < 4.78 is 23.6. The number of hydrogen-bond donors (Lipinski definition) is 1. The highest BCUT2D eigenvalue weighted by Crippen LogP contribution is 2.16. The number of carbonyl (C=O) groups excluding carboxylic acids is 1. The molecule has 0 spiro atoms. The van der Waals surface area contributed by atoms with Crippen molar-refractivity contribution in [1.82, 2.24) is 20.2 Å². The van der Waals surface area contributed by atoms with Gasteiger partial charge in [-0.05, 0) is 30.5 Å². The van der Waals surface area contributed by atoms with Crippen LogP contribution in [-0.4, -0.2) is 47.2 Å². The highest BCUT2D eigenvalue weighted by Gasteiger charge is 2.25. The molecule has 2 aromatic rings. The van der Waals surface area contributed by atoms with Gasteiger partial charge in [-0.15, -0.1) is 0 Å². The molecule has 1 fully saturated rings. The van der Waals surface area contributed by atoms with E-state index in [1.165, 1.54) is 0 Å². The second kappa shape index (κ2) is 8.46. The summed E-state index contributed by atoms with van der Waals surface area (Å²) in [6, 6.07) is 7.51. The Kier molecular flexibility index (Phi) is 5.83. The van der Waals surface area contributed by atoms with Crippen molar-refractivity contribution < 1.29 is 18.7 Å². The summed E-state index contributed by atoms with van der Waals surface area (Å²) in [5, 5.41) is 2.91. The van der Waals surface area contributed by atoms with E-state index in [-0.39, 0.29) is 18.1 Å². The van der Waals surface area contributed by atoms with Gasteiger partial charge in [0.2, 0.25) is 0 Å². The Labute approximate surface area is 151 Å². The van der Waals surface area contributed by atoms with E-state index in [1.54, 1.807) is 12.0 Å². The molecule has 1 atom stereocenters. The van der Waals surface area contributed by atoms with Crippen LogP contribution in [0.1, 0.15) is 18.4 Å². The van der Waals surface area contributed by atoms with Crippen LogP contribution in [0, 0.1) is 5.82 Å². The molecule has 7 nitrogen and oxygen atoms in total. The van der Waals surface area contributed by atoms with Gasteiger partial charge < -0.3 is 19.7 Å². The fraction of sp³-hybridized carbons (Fsp3) is 0.389. The predicted octanol–water partition coefficient (Wildman–Crippen LogP) is 2.38. The first-order valence-corrected chi connectivity index (χ1v) is 8.44. The second-order valence-corrected chi connectivity index (χ2v) is 6.02. The quantitative estimate of drug-likeness (QED) is 0.886. The molecule has 1 aliphatic rings. The fourth-order valence-electron chi connectivity index (χ4n) is 2.76. The number of piperidine rings is 1. The lowest BCUT2D eigenvalue weighted by Gasteiger charge is -2.32. The number of methoxy groups -OCH3 is 1. The van der Waals surface area contributed by atoms with Crippen LogP contribution in [0.4, 0.5) is 9.18 Å².